The van der Waals surface area contributed by atoms with E-state index in [2.05, 4.69) is 15.5 Å². The third-order valence-electron chi connectivity index (χ3n) is 1.68. The Morgan fingerprint density at radius 3 is 2.79 bits per heavy atom. The van der Waals surface area contributed by atoms with E-state index in [-0.39, 0.29) is 12.3 Å². The maximum Gasteiger partial charge on any atom is 0.184 e. The standard InChI is InChI=1S/C9H12N4O/c1-3-5-8(4-2)9(14)6-13-7-10-11-12-13/h3-5,7H,6H2,1-2H3/b5-3-,8-4+. The van der Waals surface area contributed by atoms with E-state index in [1.54, 1.807) is 12.2 Å². The lowest BCUT2D eigenvalue weighted by atomic mass is 10.1. The van der Waals surface area contributed by atoms with Gasteiger partial charge in [-0.05, 0) is 24.3 Å². The van der Waals surface area contributed by atoms with Crippen molar-refractivity contribution in [2.45, 2.75) is 20.4 Å². The van der Waals surface area contributed by atoms with E-state index in [1.165, 1.54) is 11.0 Å². The molecule has 0 saturated carbocycles. The predicted octanol–water partition coefficient (Wildman–Crippen LogP) is 0.765. The van der Waals surface area contributed by atoms with Crippen molar-refractivity contribution in [3.8, 4) is 0 Å². The van der Waals surface area contributed by atoms with Crippen molar-refractivity contribution in [3.05, 3.63) is 30.1 Å². The molecule has 0 unspecified atom stereocenters. The van der Waals surface area contributed by atoms with E-state index < -0.39 is 0 Å². The smallest absolute Gasteiger partial charge is 0.184 e. The molecule has 0 radical (unpaired) electrons. The van der Waals surface area contributed by atoms with Gasteiger partial charge >= 0.3 is 0 Å². The summed E-state index contributed by atoms with van der Waals surface area (Å²) < 4.78 is 1.40. The van der Waals surface area contributed by atoms with Crippen LogP contribution in [0.1, 0.15) is 13.8 Å². The molecule has 0 aliphatic carbocycles. The van der Waals surface area contributed by atoms with Gasteiger partial charge in [0.1, 0.15) is 12.9 Å². The Morgan fingerprint density at radius 2 is 2.29 bits per heavy atom. The van der Waals surface area contributed by atoms with Crippen LogP contribution in [0.5, 0.6) is 0 Å². The van der Waals surface area contributed by atoms with Crippen LogP contribution in [0.2, 0.25) is 0 Å². The average Bonchev–Trinajstić information content (AvgIpc) is 2.66. The summed E-state index contributed by atoms with van der Waals surface area (Å²) in [5.74, 6) is -0.00194. The number of carbonyl (C=O) groups excluding carboxylic acids is 1. The highest BCUT2D eigenvalue weighted by atomic mass is 16.1. The highest BCUT2D eigenvalue weighted by Crippen LogP contribution is 2.00. The van der Waals surface area contributed by atoms with Gasteiger partial charge in [-0.25, -0.2) is 4.68 Å². The van der Waals surface area contributed by atoms with Gasteiger partial charge in [-0.1, -0.05) is 18.2 Å². The molecule has 0 atom stereocenters. The number of ketones is 1. The molecule has 5 heteroatoms. The summed E-state index contributed by atoms with van der Waals surface area (Å²) in [6, 6.07) is 0. The first-order valence-electron chi connectivity index (χ1n) is 4.31. The Bertz CT molecular complexity index is 351. The van der Waals surface area contributed by atoms with Gasteiger partial charge in [0.15, 0.2) is 5.78 Å². The molecule has 74 valence electrons. The van der Waals surface area contributed by atoms with Crippen LogP contribution >= 0.6 is 0 Å². The molecule has 0 aliphatic heterocycles. The molecule has 0 aromatic carbocycles. The van der Waals surface area contributed by atoms with E-state index in [1.807, 2.05) is 19.9 Å². The fourth-order valence-electron chi connectivity index (χ4n) is 1.02. The third-order valence-corrected chi connectivity index (χ3v) is 1.68. The van der Waals surface area contributed by atoms with Gasteiger partial charge in [-0.15, -0.1) is 5.10 Å². The summed E-state index contributed by atoms with van der Waals surface area (Å²) in [7, 11) is 0. The highest BCUT2D eigenvalue weighted by molar-refractivity contribution is 5.97. The Hall–Kier alpha value is -1.78. The van der Waals surface area contributed by atoms with Crippen LogP contribution < -0.4 is 0 Å². The number of nitrogens with zero attached hydrogens (tertiary/aromatic N) is 4. The van der Waals surface area contributed by atoms with Crippen LogP contribution in [0.4, 0.5) is 0 Å². The number of tetrazole rings is 1. The van der Waals surface area contributed by atoms with Crippen molar-refractivity contribution in [3.63, 3.8) is 0 Å². The predicted molar refractivity (Wildman–Crippen MR) is 51.4 cm³/mol. The van der Waals surface area contributed by atoms with Crippen LogP contribution in [0.15, 0.2) is 30.1 Å². The third kappa shape index (κ3) is 2.62. The Labute approximate surface area is 82.1 Å². The zero-order valence-corrected chi connectivity index (χ0v) is 8.21. The van der Waals surface area contributed by atoms with E-state index in [0.29, 0.717) is 5.57 Å². The van der Waals surface area contributed by atoms with Crippen molar-refractivity contribution < 1.29 is 4.79 Å². The topological polar surface area (TPSA) is 60.7 Å². The molecular formula is C9H12N4O. The van der Waals surface area contributed by atoms with Crippen LogP contribution in [0, 0.1) is 0 Å². The molecule has 0 N–H and O–H groups in total. The van der Waals surface area contributed by atoms with Gasteiger partial charge in [-0.2, -0.15) is 0 Å². The van der Waals surface area contributed by atoms with Crippen molar-refractivity contribution >= 4 is 5.78 Å². The molecule has 0 saturated heterocycles. The van der Waals surface area contributed by atoms with Gasteiger partial charge in [0.05, 0.1) is 0 Å². The Morgan fingerprint density at radius 1 is 1.50 bits per heavy atom. The van der Waals surface area contributed by atoms with E-state index >= 15 is 0 Å². The number of carbonyl (C=O) groups is 1. The number of rotatable bonds is 4. The first-order chi connectivity index (χ1) is 6.77. The molecule has 0 bridgehead atoms. The molecule has 0 spiro atoms. The second-order valence-corrected chi connectivity index (χ2v) is 2.67. The Balaban J connectivity index is 2.66. The van der Waals surface area contributed by atoms with Gasteiger partial charge in [0, 0.05) is 5.57 Å². The van der Waals surface area contributed by atoms with Crippen LogP contribution in [-0.2, 0) is 11.3 Å². The number of Topliss-reactive ketones (excluding diaryl/α,β-unsaturated/α-hetero) is 1. The second kappa shape index (κ2) is 5.06. The number of hydrogen-bond acceptors (Lipinski definition) is 4. The minimum absolute atomic E-state index is 0.00194. The molecule has 0 aliphatic rings. The minimum atomic E-state index is -0.00194. The summed E-state index contributed by atoms with van der Waals surface area (Å²) in [6.45, 7) is 3.87. The fourth-order valence-corrected chi connectivity index (χ4v) is 1.02. The average molecular weight is 192 g/mol. The van der Waals surface area contributed by atoms with Crippen LogP contribution in [0.25, 0.3) is 0 Å². The summed E-state index contributed by atoms with van der Waals surface area (Å²) in [6.07, 6.45) is 6.78. The summed E-state index contributed by atoms with van der Waals surface area (Å²) in [5.41, 5.74) is 0.669. The van der Waals surface area contributed by atoms with Gasteiger partial charge in [-0.3, -0.25) is 4.79 Å². The SMILES string of the molecule is C/C=C\C(=C/C)C(=O)Cn1cnnn1. The van der Waals surface area contributed by atoms with Crippen molar-refractivity contribution in [1.82, 2.24) is 20.2 Å². The van der Waals surface area contributed by atoms with Gasteiger partial charge in [0.25, 0.3) is 0 Å². The zero-order chi connectivity index (χ0) is 10.4. The maximum absolute atomic E-state index is 11.6. The maximum atomic E-state index is 11.6. The van der Waals surface area contributed by atoms with Crippen molar-refractivity contribution in [2.75, 3.05) is 0 Å². The molecule has 0 amide bonds. The molecule has 14 heavy (non-hydrogen) atoms. The van der Waals surface area contributed by atoms with E-state index in [0.717, 1.165) is 0 Å². The highest BCUT2D eigenvalue weighted by Gasteiger charge is 2.06. The van der Waals surface area contributed by atoms with Crippen molar-refractivity contribution in [2.24, 2.45) is 0 Å². The lowest BCUT2D eigenvalue weighted by Crippen LogP contribution is -2.12. The minimum Gasteiger partial charge on any atom is -0.292 e. The van der Waals surface area contributed by atoms with Crippen LogP contribution in [-0.4, -0.2) is 26.0 Å². The first-order valence-corrected chi connectivity index (χ1v) is 4.31. The summed E-state index contributed by atoms with van der Waals surface area (Å²) >= 11 is 0. The van der Waals surface area contributed by atoms with Crippen LogP contribution in [0.3, 0.4) is 0 Å². The normalized spacial score (nSPS) is 12.3. The lowest BCUT2D eigenvalue weighted by Gasteiger charge is -1.99. The van der Waals surface area contributed by atoms with Gasteiger partial charge < -0.3 is 0 Å². The quantitative estimate of drug-likeness (QED) is 0.522. The van der Waals surface area contributed by atoms with Gasteiger partial charge in [0.2, 0.25) is 0 Å². The zero-order valence-electron chi connectivity index (χ0n) is 8.21. The summed E-state index contributed by atoms with van der Waals surface area (Å²) in [5, 5.41) is 10.5. The number of allylic oxidation sites excluding steroid dienone is 4. The number of aromatic nitrogens is 4. The molecular weight excluding hydrogens is 180 g/mol. The molecule has 0 fully saturated rings. The molecule has 1 aromatic heterocycles. The molecule has 1 rings (SSSR count). The molecule has 1 heterocycles. The first kappa shape index (κ1) is 10.3. The fraction of sp³-hybridized carbons (Fsp3) is 0.333. The monoisotopic (exact) mass is 192 g/mol. The molecule has 5 nitrogen and oxygen atoms in total. The van der Waals surface area contributed by atoms with E-state index in [4.69, 9.17) is 0 Å². The largest absolute Gasteiger partial charge is 0.292 e. The Kier molecular flexibility index (Phi) is 3.72. The van der Waals surface area contributed by atoms with E-state index in [9.17, 15) is 4.79 Å². The lowest BCUT2D eigenvalue weighted by molar-refractivity contribution is -0.116. The summed E-state index contributed by atoms with van der Waals surface area (Å²) in [4.78, 5) is 11.6. The second-order valence-electron chi connectivity index (χ2n) is 2.67. The number of hydrogen-bond donors (Lipinski definition) is 0. The van der Waals surface area contributed by atoms with Crippen molar-refractivity contribution in [1.29, 1.82) is 0 Å². The molecule has 1 aromatic rings.